The van der Waals surface area contributed by atoms with Gasteiger partial charge in [0.15, 0.2) is 11.6 Å². The standard InChI is InChI=1S/C34H25F5N4O4/c1-34(2)16-46-15-29(34)43-28-11-20(33(44)45)10-26(39)31(28)42-30(43)12-21-24(37)8-19(9-25(21)38)27-6-5-22(35)32(41-27)47-14-18-4-3-17(13-40)7-23(18)36/h3-11,29H,12,14-16H2,1-2H3,(H,44,45)/t29-/m1/s1. The lowest BCUT2D eigenvalue weighted by Crippen LogP contribution is -2.27. The molecule has 0 amide bonds. The van der Waals surface area contributed by atoms with Crippen molar-refractivity contribution in [3.63, 3.8) is 0 Å². The molecule has 13 heteroatoms. The number of nitriles is 1. The van der Waals surface area contributed by atoms with Crippen molar-refractivity contribution in [2.75, 3.05) is 13.2 Å². The van der Waals surface area contributed by atoms with E-state index in [9.17, 15) is 18.7 Å². The van der Waals surface area contributed by atoms with Crippen LogP contribution >= 0.6 is 0 Å². The van der Waals surface area contributed by atoms with Crippen molar-refractivity contribution in [1.29, 1.82) is 5.26 Å². The van der Waals surface area contributed by atoms with Crippen LogP contribution in [0.5, 0.6) is 5.88 Å². The highest BCUT2D eigenvalue weighted by Crippen LogP contribution is 2.41. The van der Waals surface area contributed by atoms with Crippen LogP contribution in [-0.4, -0.2) is 38.8 Å². The number of aromatic carboxylic acids is 1. The van der Waals surface area contributed by atoms with Crippen molar-refractivity contribution in [2.24, 2.45) is 5.41 Å². The van der Waals surface area contributed by atoms with E-state index in [0.29, 0.717) is 6.61 Å². The number of ether oxygens (including phenoxy) is 2. The van der Waals surface area contributed by atoms with Crippen molar-refractivity contribution in [3.05, 3.63) is 112 Å². The average Bonchev–Trinajstić information content (AvgIpc) is 3.56. The molecule has 3 heterocycles. The number of benzene rings is 3. The third-order valence-electron chi connectivity index (χ3n) is 8.16. The number of carbonyl (C=O) groups is 1. The number of rotatable bonds is 8. The van der Waals surface area contributed by atoms with E-state index in [1.807, 2.05) is 13.8 Å². The van der Waals surface area contributed by atoms with Gasteiger partial charge in [0.2, 0.25) is 0 Å². The van der Waals surface area contributed by atoms with Gasteiger partial charge in [-0.05, 0) is 48.5 Å². The SMILES string of the molecule is CC1(C)COC[C@H]1n1c(Cc2c(F)cc(-c3ccc(F)c(OCc4ccc(C#N)cc4F)n3)cc2F)nc2c(F)cc(C(=O)O)cc21. The second-order valence-corrected chi connectivity index (χ2v) is 11.8. The maximum atomic E-state index is 15.7. The molecular formula is C34H25F5N4O4. The third-order valence-corrected chi connectivity index (χ3v) is 8.16. The van der Waals surface area contributed by atoms with E-state index < -0.39 is 71.0 Å². The Morgan fingerprint density at radius 1 is 1.00 bits per heavy atom. The number of fused-ring (bicyclic) bond motifs is 1. The molecule has 240 valence electrons. The summed E-state index contributed by atoms with van der Waals surface area (Å²) in [6.07, 6.45) is -0.414. The van der Waals surface area contributed by atoms with Gasteiger partial charge in [-0.1, -0.05) is 19.9 Å². The molecule has 0 radical (unpaired) electrons. The average molecular weight is 649 g/mol. The molecule has 1 N–H and O–H groups in total. The number of carboxylic acids is 1. The molecule has 5 aromatic rings. The number of nitrogens with zero attached hydrogens (tertiary/aromatic N) is 4. The summed E-state index contributed by atoms with van der Waals surface area (Å²) in [7, 11) is 0. The first-order chi connectivity index (χ1) is 22.4. The molecule has 8 nitrogen and oxygen atoms in total. The maximum Gasteiger partial charge on any atom is 0.335 e. The lowest BCUT2D eigenvalue weighted by molar-refractivity contribution is 0.0696. The summed E-state index contributed by atoms with van der Waals surface area (Å²) in [6, 6.07) is 11.4. The first-order valence-electron chi connectivity index (χ1n) is 14.3. The van der Waals surface area contributed by atoms with Crippen LogP contribution in [0.25, 0.3) is 22.3 Å². The zero-order valence-corrected chi connectivity index (χ0v) is 25.0. The fourth-order valence-electron chi connectivity index (χ4n) is 5.62. The van der Waals surface area contributed by atoms with Crippen LogP contribution in [0, 0.1) is 45.8 Å². The second-order valence-electron chi connectivity index (χ2n) is 11.8. The van der Waals surface area contributed by atoms with Crippen LogP contribution in [-0.2, 0) is 17.8 Å². The van der Waals surface area contributed by atoms with E-state index in [4.69, 9.17) is 14.7 Å². The van der Waals surface area contributed by atoms with Crippen LogP contribution < -0.4 is 4.74 Å². The zero-order chi connectivity index (χ0) is 33.6. The minimum absolute atomic E-state index is 0.0357. The Labute approximate surface area is 264 Å². The zero-order valence-electron chi connectivity index (χ0n) is 25.0. The summed E-state index contributed by atoms with van der Waals surface area (Å²) < 4.78 is 87.8. The number of halogens is 5. The number of hydrogen-bond donors (Lipinski definition) is 1. The predicted molar refractivity (Wildman–Crippen MR) is 158 cm³/mol. The smallest absolute Gasteiger partial charge is 0.335 e. The molecular weight excluding hydrogens is 623 g/mol. The van der Waals surface area contributed by atoms with Crippen LogP contribution in [0.1, 0.15) is 52.8 Å². The lowest BCUT2D eigenvalue weighted by Gasteiger charge is -2.28. The third kappa shape index (κ3) is 5.99. The normalized spacial score (nSPS) is 15.6. The molecule has 47 heavy (non-hydrogen) atoms. The highest BCUT2D eigenvalue weighted by atomic mass is 19.1. The molecule has 6 rings (SSSR count). The van der Waals surface area contributed by atoms with Crippen LogP contribution in [0.4, 0.5) is 22.0 Å². The number of hydrogen-bond acceptors (Lipinski definition) is 6. The Morgan fingerprint density at radius 3 is 2.38 bits per heavy atom. The van der Waals surface area contributed by atoms with Gasteiger partial charge in [-0.3, -0.25) is 0 Å². The summed E-state index contributed by atoms with van der Waals surface area (Å²) in [5.41, 5.74) is -1.14. The quantitative estimate of drug-likeness (QED) is 0.178. The van der Waals surface area contributed by atoms with Gasteiger partial charge < -0.3 is 19.1 Å². The molecule has 3 aromatic carbocycles. The van der Waals surface area contributed by atoms with Gasteiger partial charge in [0.25, 0.3) is 5.88 Å². The Kier molecular flexibility index (Phi) is 8.15. The van der Waals surface area contributed by atoms with Crippen molar-refractivity contribution < 1.29 is 41.3 Å². The highest BCUT2D eigenvalue weighted by Gasteiger charge is 2.39. The minimum Gasteiger partial charge on any atom is -0.478 e. The first-order valence-corrected chi connectivity index (χ1v) is 14.3. The highest BCUT2D eigenvalue weighted by molar-refractivity contribution is 5.93. The fraction of sp³-hybridized carbons (Fsp3) is 0.235. The van der Waals surface area contributed by atoms with E-state index >= 15 is 13.2 Å². The van der Waals surface area contributed by atoms with Gasteiger partial charge in [-0.15, -0.1) is 0 Å². The number of aromatic nitrogens is 3. The molecule has 0 unspecified atom stereocenters. The van der Waals surface area contributed by atoms with E-state index in [0.717, 1.165) is 30.3 Å². The molecule has 1 aliphatic rings. The summed E-state index contributed by atoms with van der Waals surface area (Å²) in [5, 5.41) is 18.4. The van der Waals surface area contributed by atoms with Gasteiger partial charge in [0.05, 0.1) is 47.7 Å². The molecule has 1 fully saturated rings. The number of carboxylic acid groups (broad SMARTS) is 1. The molecule has 1 saturated heterocycles. The Bertz CT molecular complexity index is 2080. The van der Waals surface area contributed by atoms with Gasteiger partial charge in [0, 0.05) is 28.5 Å². The summed E-state index contributed by atoms with van der Waals surface area (Å²) in [4.78, 5) is 20.1. The fourth-order valence-corrected chi connectivity index (χ4v) is 5.62. The van der Waals surface area contributed by atoms with Crippen LogP contribution in [0.3, 0.4) is 0 Å². The van der Waals surface area contributed by atoms with Crippen molar-refractivity contribution in [3.8, 4) is 23.2 Å². The molecule has 1 atom stereocenters. The summed E-state index contributed by atoms with van der Waals surface area (Å²) in [6.45, 7) is 3.91. The van der Waals surface area contributed by atoms with E-state index in [1.165, 1.54) is 24.3 Å². The number of pyridine rings is 1. The maximum absolute atomic E-state index is 15.7. The number of imidazole rings is 1. The van der Waals surface area contributed by atoms with E-state index in [1.54, 1.807) is 10.6 Å². The first kappa shape index (κ1) is 31.6. The van der Waals surface area contributed by atoms with Gasteiger partial charge in [0.1, 0.15) is 35.4 Å². The molecule has 0 saturated carbocycles. The van der Waals surface area contributed by atoms with Gasteiger partial charge in [-0.2, -0.15) is 5.26 Å². The monoisotopic (exact) mass is 648 g/mol. The molecule has 1 aliphatic heterocycles. The summed E-state index contributed by atoms with van der Waals surface area (Å²) in [5.74, 6) is -6.27. The molecule has 0 aliphatic carbocycles. The molecule has 2 aromatic heterocycles. The van der Waals surface area contributed by atoms with E-state index in [-0.39, 0.29) is 51.4 Å². The molecule has 0 bridgehead atoms. The second kappa shape index (κ2) is 12.1. The Morgan fingerprint density at radius 2 is 1.74 bits per heavy atom. The minimum atomic E-state index is -1.35. The summed E-state index contributed by atoms with van der Waals surface area (Å²) >= 11 is 0. The van der Waals surface area contributed by atoms with Crippen molar-refractivity contribution in [1.82, 2.24) is 14.5 Å². The van der Waals surface area contributed by atoms with Gasteiger partial charge >= 0.3 is 5.97 Å². The Hall–Kier alpha value is -5.35. The Balaban J connectivity index is 1.34. The van der Waals surface area contributed by atoms with E-state index in [2.05, 4.69) is 9.97 Å². The lowest BCUT2D eigenvalue weighted by atomic mass is 9.87. The topological polar surface area (TPSA) is 110 Å². The van der Waals surface area contributed by atoms with Gasteiger partial charge in [-0.25, -0.2) is 36.7 Å². The van der Waals surface area contributed by atoms with Crippen LogP contribution in [0.15, 0.2) is 54.6 Å². The van der Waals surface area contributed by atoms with Crippen LogP contribution in [0.2, 0.25) is 0 Å². The van der Waals surface area contributed by atoms with Crippen molar-refractivity contribution >= 4 is 17.0 Å². The largest absolute Gasteiger partial charge is 0.478 e. The molecule has 0 spiro atoms. The predicted octanol–water partition coefficient (Wildman–Crippen LogP) is 7.13. The van der Waals surface area contributed by atoms with Crippen molar-refractivity contribution in [2.45, 2.75) is 32.9 Å².